The Morgan fingerprint density at radius 1 is 0.758 bits per heavy atom. The van der Waals surface area contributed by atoms with Crippen molar-refractivity contribution in [2.24, 2.45) is 5.73 Å². The third kappa shape index (κ3) is 4.71. The summed E-state index contributed by atoms with van der Waals surface area (Å²) in [4.78, 5) is 18.5. The summed E-state index contributed by atoms with van der Waals surface area (Å²) in [6.07, 6.45) is 6.07. The zero-order chi connectivity index (χ0) is 22.5. The van der Waals surface area contributed by atoms with Crippen LogP contribution >= 0.6 is 0 Å². The van der Waals surface area contributed by atoms with Gasteiger partial charge in [0.2, 0.25) is 0 Å². The Balaban J connectivity index is 1.54. The lowest BCUT2D eigenvalue weighted by atomic mass is 10.1. The van der Waals surface area contributed by atoms with E-state index in [-0.39, 0.29) is 6.04 Å². The van der Waals surface area contributed by atoms with Gasteiger partial charge in [-0.05, 0) is 30.2 Å². The minimum Gasteiger partial charge on any atom is -0.368 e. The molecule has 0 unspecified atom stereocenters. The van der Waals surface area contributed by atoms with Gasteiger partial charge in [0.25, 0.3) is 0 Å². The first kappa shape index (κ1) is 20.7. The molecule has 33 heavy (non-hydrogen) atoms. The van der Waals surface area contributed by atoms with E-state index in [0.717, 1.165) is 40.0 Å². The number of fused-ring (bicyclic) bond motifs is 1. The second-order valence-electron chi connectivity index (χ2n) is 7.88. The minimum absolute atomic E-state index is 0.0581. The van der Waals surface area contributed by atoms with Crippen molar-refractivity contribution in [2.75, 3.05) is 11.9 Å². The van der Waals surface area contributed by atoms with Gasteiger partial charge in [-0.1, -0.05) is 60.7 Å². The summed E-state index contributed by atoms with van der Waals surface area (Å²) in [5.74, 6) is 1.36. The molecular formula is C27H24N6. The number of rotatable bonds is 7. The number of pyridine rings is 2. The number of hydrogen-bond donors (Lipinski definition) is 2. The number of aromatic nitrogens is 4. The van der Waals surface area contributed by atoms with Gasteiger partial charge in [-0.2, -0.15) is 0 Å². The number of hydrogen-bond acceptors (Lipinski definition) is 6. The van der Waals surface area contributed by atoms with Crippen LogP contribution in [0, 0.1) is 0 Å². The Hall–Kier alpha value is -4.16. The van der Waals surface area contributed by atoms with Gasteiger partial charge in [-0.15, -0.1) is 0 Å². The molecule has 3 aromatic heterocycles. The number of anilines is 1. The normalized spacial score (nSPS) is 11.9. The largest absolute Gasteiger partial charge is 0.368 e. The average Bonchev–Trinajstić information content (AvgIpc) is 2.88. The highest BCUT2D eigenvalue weighted by Crippen LogP contribution is 2.30. The Morgan fingerprint density at radius 2 is 1.48 bits per heavy atom. The van der Waals surface area contributed by atoms with E-state index in [0.29, 0.717) is 12.4 Å². The molecule has 0 fully saturated rings. The molecule has 0 aliphatic rings. The smallest absolute Gasteiger partial charge is 0.162 e. The summed E-state index contributed by atoms with van der Waals surface area (Å²) in [6.45, 7) is 0.583. The first-order chi connectivity index (χ1) is 16.3. The maximum Gasteiger partial charge on any atom is 0.162 e. The highest BCUT2D eigenvalue weighted by Gasteiger charge is 2.15. The van der Waals surface area contributed by atoms with Crippen molar-refractivity contribution in [3.05, 3.63) is 103 Å². The first-order valence-corrected chi connectivity index (χ1v) is 10.9. The van der Waals surface area contributed by atoms with E-state index in [9.17, 15) is 0 Å². The summed E-state index contributed by atoms with van der Waals surface area (Å²) in [5.41, 5.74) is 11.2. The standard InChI is InChI=1S/C27H24N6/c28-22(17-19-7-3-1-4-8-19)18-31-27-23-13-16-30-24(20-9-5-2-6-10-20)25(23)32-26(33-27)21-11-14-29-15-12-21/h1-16,22H,17-18,28H2,(H,31,32,33)/t22-/m0/s1. The molecule has 0 amide bonds. The molecule has 1 atom stereocenters. The zero-order valence-electron chi connectivity index (χ0n) is 18.1. The second-order valence-corrected chi connectivity index (χ2v) is 7.88. The van der Waals surface area contributed by atoms with Crippen molar-refractivity contribution >= 4 is 16.7 Å². The van der Waals surface area contributed by atoms with Crippen molar-refractivity contribution in [2.45, 2.75) is 12.5 Å². The van der Waals surface area contributed by atoms with Crippen LogP contribution in [0.25, 0.3) is 33.5 Å². The molecule has 0 saturated carbocycles. The summed E-state index contributed by atoms with van der Waals surface area (Å²) in [7, 11) is 0. The van der Waals surface area contributed by atoms with Gasteiger partial charge in [-0.25, -0.2) is 9.97 Å². The molecule has 0 radical (unpaired) electrons. The minimum atomic E-state index is -0.0581. The third-order valence-corrected chi connectivity index (χ3v) is 5.47. The van der Waals surface area contributed by atoms with Gasteiger partial charge in [0.1, 0.15) is 11.3 Å². The monoisotopic (exact) mass is 432 g/mol. The zero-order valence-corrected chi connectivity index (χ0v) is 18.1. The lowest BCUT2D eigenvalue weighted by Gasteiger charge is -2.16. The topological polar surface area (TPSA) is 89.6 Å². The van der Waals surface area contributed by atoms with E-state index in [2.05, 4.69) is 27.4 Å². The fourth-order valence-corrected chi connectivity index (χ4v) is 3.84. The van der Waals surface area contributed by atoms with Gasteiger partial charge in [0, 0.05) is 47.7 Å². The van der Waals surface area contributed by atoms with E-state index in [4.69, 9.17) is 15.7 Å². The Kier molecular flexibility index (Phi) is 5.99. The molecular weight excluding hydrogens is 408 g/mol. The Morgan fingerprint density at radius 3 is 2.24 bits per heavy atom. The number of nitrogens with two attached hydrogens (primary N) is 1. The first-order valence-electron chi connectivity index (χ1n) is 10.9. The van der Waals surface area contributed by atoms with Crippen LogP contribution in [0.4, 0.5) is 5.82 Å². The molecule has 0 aliphatic carbocycles. The van der Waals surface area contributed by atoms with Gasteiger partial charge in [0.15, 0.2) is 5.82 Å². The molecule has 0 spiro atoms. The predicted molar refractivity (Wildman–Crippen MR) is 133 cm³/mol. The quantitative estimate of drug-likeness (QED) is 0.386. The molecule has 0 saturated heterocycles. The number of nitrogens with zero attached hydrogens (tertiary/aromatic N) is 4. The molecule has 6 nitrogen and oxygen atoms in total. The summed E-state index contributed by atoms with van der Waals surface area (Å²) < 4.78 is 0. The molecule has 5 aromatic rings. The highest BCUT2D eigenvalue weighted by atomic mass is 15.0. The fraction of sp³-hybridized carbons (Fsp3) is 0.111. The Bertz CT molecular complexity index is 1340. The lowest BCUT2D eigenvalue weighted by Crippen LogP contribution is -2.31. The summed E-state index contributed by atoms with van der Waals surface area (Å²) in [5, 5.41) is 4.39. The number of benzene rings is 2. The highest BCUT2D eigenvalue weighted by molar-refractivity contribution is 5.98. The maximum atomic E-state index is 6.44. The van der Waals surface area contributed by atoms with Crippen molar-refractivity contribution < 1.29 is 0 Å². The van der Waals surface area contributed by atoms with Crippen LogP contribution in [0.3, 0.4) is 0 Å². The molecule has 2 aromatic carbocycles. The predicted octanol–water partition coefficient (Wildman–Crippen LogP) is 4.74. The van der Waals surface area contributed by atoms with Crippen LogP contribution in [0.15, 0.2) is 97.5 Å². The summed E-state index contributed by atoms with van der Waals surface area (Å²) >= 11 is 0. The van der Waals surface area contributed by atoms with Crippen molar-refractivity contribution in [3.8, 4) is 22.6 Å². The molecule has 0 aliphatic heterocycles. The number of nitrogens with one attached hydrogen (secondary N) is 1. The Labute approximate surface area is 192 Å². The van der Waals surface area contributed by atoms with Crippen LogP contribution in [0.2, 0.25) is 0 Å². The molecule has 3 heterocycles. The maximum absolute atomic E-state index is 6.44. The van der Waals surface area contributed by atoms with Gasteiger partial charge < -0.3 is 11.1 Å². The molecule has 0 bridgehead atoms. The molecule has 6 heteroatoms. The van der Waals surface area contributed by atoms with E-state index in [1.54, 1.807) is 18.6 Å². The van der Waals surface area contributed by atoms with Crippen molar-refractivity contribution in [1.82, 2.24) is 19.9 Å². The van der Waals surface area contributed by atoms with E-state index in [1.807, 2.05) is 66.7 Å². The van der Waals surface area contributed by atoms with Crippen molar-refractivity contribution in [3.63, 3.8) is 0 Å². The fourth-order valence-electron chi connectivity index (χ4n) is 3.84. The van der Waals surface area contributed by atoms with Crippen LogP contribution in [-0.2, 0) is 6.42 Å². The second kappa shape index (κ2) is 9.54. The average molecular weight is 433 g/mol. The third-order valence-electron chi connectivity index (χ3n) is 5.47. The van der Waals surface area contributed by atoms with Gasteiger partial charge >= 0.3 is 0 Å². The molecule has 5 rings (SSSR count). The van der Waals surface area contributed by atoms with Crippen LogP contribution in [0.5, 0.6) is 0 Å². The van der Waals surface area contributed by atoms with Crippen LogP contribution in [0.1, 0.15) is 5.56 Å². The summed E-state index contributed by atoms with van der Waals surface area (Å²) in [6, 6.07) is 26.1. The molecule has 162 valence electrons. The van der Waals surface area contributed by atoms with E-state index < -0.39 is 0 Å². The lowest BCUT2D eigenvalue weighted by molar-refractivity contribution is 0.698. The van der Waals surface area contributed by atoms with E-state index >= 15 is 0 Å². The van der Waals surface area contributed by atoms with E-state index in [1.165, 1.54) is 5.56 Å². The van der Waals surface area contributed by atoms with Crippen LogP contribution in [-0.4, -0.2) is 32.5 Å². The van der Waals surface area contributed by atoms with Gasteiger partial charge in [-0.3, -0.25) is 9.97 Å². The SMILES string of the molecule is N[C@H](CNc1nc(-c2ccncc2)nc2c(-c3ccccc3)nccc12)Cc1ccccc1. The molecule has 3 N–H and O–H groups in total. The van der Waals surface area contributed by atoms with Gasteiger partial charge in [0.05, 0.1) is 5.69 Å². The van der Waals surface area contributed by atoms with Crippen LogP contribution < -0.4 is 11.1 Å². The van der Waals surface area contributed by atoms with Crippen molar-refractivity contribution in [1.29, 1.82) is 0 Å².